The molecule has 0 bridgehead atoms. The first-order chi connectivity index (χ1) is 8.24. The lowest BCUT2D eigenvalue weighted by Gasteiger charge is -2.29. The summed E-state index contributed by atoms with van der Waals surface area (Å²) in [5, 5.41) is 3.32. The van der Waals surface area contributed by atoms with Crippen molar-refractivity contribution < 1.29 is 4.74 Å². The Bertz CT molecular complexity index is 353. The quantitative estimate of drug-likeness (QED) is 0.778. The zero-order valence-corrected chi connectivity index (χ0v) is 10.1. The van der Waals surface area contributed by atoms with Gasteiger partial charge in [0.15, 0.2) is 0 Å². The summed E-state index contributed by atoms with van der Waals surface area (Å²) in [7, 11) is 0. The second kappa shape index (κ2) is 5.79. The first-order valence-electron chi connectivity index (χ1n) is 5.89. The molecule has 1 unspecified atom stereocenters. The molecule has 2 rings (SSSR count). The minimum atomic E-state index is 0.300. The van der Waals surface area contributed by atoms with E-state index in [1.807, 2.05) is 6.07 Å². The average Bonchev–Trinajstić information content (AvgIpc) is 2.30. The van der Waals surface area contributed by atoms with Crippen LogP contribution in [0.3, 0.4) is 0 Å². The van der Waals surface area contributed by atoms with E-state index in [9.17, 15) is 0 Å². The number of ether oxygens (including phenoxy) is 1. The summed E-state index contributed by atoms with van der Waals surface area (Å²) in [5.74, 6) is 1.08. The third-order valence-corrected chi connectivity index (χ3v) is 2.70. The Kier molecular flexibility index (Phi) is 4.11. The Balaban J connectivity index is 1.82. The monoisotopic (exact) mass is 237 g/mol. The zero-order valence-electron chi connectivity index (χ0n) is 10.1. The minimum Gasteiger partial charge on any atom is -0.379 e. The van der Waals surface area contributed by atoms with Gasteiger partial charge >= 0.3 is 0 Å². The summed E-state index contributed by atoms with van der Waals surface area (Å²) in [4.78, 5) is 10.4. The van der Waals surface area contributed by atoms with Crippen molar-refractivity contribution >= 4 is 11.8 Å². The Morgan fingerprint density at radius 3 is 3.00 bits per heavy atom. The van der Waals surface area contributed by atoms with Crippen molar-refractivity contribution in [2.45, 2.75) is 13.0 Å². The van der Waals surface area contributed by atoms with Crippen LogP contribution in [-0.4, -0.2) is 53.8 Å². The van der Waals surface area contributed by atoms with Crippen LogP contribution in [0, 0.1) is 0 Å². The maximum absolute atomic E-state index is 5.53. The molecule has 1 atom stereocenters. The van der Waals surface area contributed by atoms with Crippen molar-refractivity contribution in [1.82, 2.24) is 14.9 Å². The largest absolute Gasteiger partial charge is 0.379 e. The average molecular weight is 237 g/mol. The van der Waals surface area contributed by atoms with Gasteiger partial charge in [0, 0.05) is 31.9 Å². The molecule has 1 fully saturated rings. The SMILES string of the molecule is CC(CN1CCOCC1)Nc1ccnc(N)n1. The molecule has 0 amide bonds. The van der Waals surface area contributed by atoms with Crippen molar-refractivity contribution in [3.63, 3.8) is 0 Å². The molecule has 0 radical (unpaired) electrons. The van der Waals surface area contributed by atoms with Gasteiger partial charge in [-0.2, -0.15) is 4.98 Å². The Labute approximate surface area is 101 Å². The van der Waals surface area contributed by atoms with Crippen molar-refractivity contribution in [2.24, 2.45) is 0 Å². The number of hydrogen-bond acceptors (Lipinski definition) is 6. The van der Waals surface area contributed by atoms with Gasteiger partial charge in [-0.1, -0.05) is 0 Å². The lowest BCUT2D eigenvalue weighted by Crippen LogP contribution is -2.42. The smallest absolute Gasteiger partial charge is 0.221 e. The van der Waals surface area contributed by atoms with E-state index < -0.39 is 0 Å². The summed E-state index contributed by atoms with van der Waals surface area (Å²) in [6.07, 6.45) is 1.66. The highest BCUT2D eigenvalue weighted by molar-refractivity contribution is 5.38. The minimum absolute atomic E-state index is 0.300. The van der Waals surface area contributed by atoms with Crippen molar-refractivity contribution in [2.75, 3.05) is 43.9 Å². The third-order valence-electron chi connectivity index (χ3n) is 2.70. The van der Waals surface area contributed by atoms with E-state index >= 15 is 0 Å². The zero-order chi connectivity index (χ0) is 12.1. The number of morpholine rings is 1. The van der Waals surface area contributed by atoms with E-state index in [0.29, 0.717) is 12.0 Å². The highest BCUT2D eigenvalue weighted by atomic mass is 16.5. The van der Waals surface area contributed by atoms with Crippen LogP contribution < -0.4 is 11.1 Å². The van der Waals surface area contributed by atoms with Crippen LogP contribution in [0.2, 0.25) is 0 Å². The van der Waals surface area contributed by atoms with E-state index in [1.54, 1.807) is 6.20 Å². The lowest BCUT2D eigenvalue weighted by atomic mass is 10.3. The van der Waals surface area contributed by atoms with Crippen LogP contribution in [-0.2, 0) is 4.74 Å². The predicted octanol–water partition coefficient (Wildman–Crippen LogP) is 0.191. The molecule has 0 saturated carbocycles. The van der Waals surface area contributed by atoms with Gasteiger partial charge in [0.2, 0.25) is 5.95 Å². The molecule has 1 aliphatic heterocycles. The van der Waals surface area contributed by atoms with Gasteiger partial charge in [-0.25, -0.2) is 4.98 Å². The highest BCUT2D eigenvalue weighted by Gasteiger charge is 2.13. The molecule has 3 N–H and O–H groups in total. The number of anilines is 2. The van der Waals surface area contributed by atoms with E-state index in [1.165, 1.54) is 0 Å². The molecule has 17 heavy (non-hydrogen) atoms. The summed E-state index contributed by atoms with van der Waals surface area (Å²) in [6.45, 7) is 6.76. The molecule has 1 aromatic heterocycles. The second-order valence-electron chi connectivity index (χ2n) is 4.26. The molecular weight excluding hydrogens is 218 g/mol. The fourth-order valence-corrected chi connectivity index (χ4v) is 1.92. The first-order valence-corrected chi connectivity index (χ1v) is 5.89. The number of nitrogens with two attached hydrogens (primary N) is 1. The van der Waals surface area contributed by atoms with E-state index in [-0.39, 0.29) is 0 Å². The maximum Gasteiger partial charge on any atom is 0.221 e. The molecule has 1 saturated heterocycles. The maximum atomic E-state index is 5.53. The standard InChI is InChI=1S/C11H19N5O/c1-9(8-16-4-6-17-7-5-16)14-10-2-3-13-11(12)15-10/h2-3,9H,4-8H2,1H3,(H3,12,13,14,15). The molecule has 2 heterocycles. The fraction of sp³-hybridized carbons (Fsp3) is 0.636. The number of nitrogens with zero attached hydrogens (tertiary/aromatic N) is 3. The van der Waals surface area contributed by atoms with Crippen molar-refractivity contribution in [3.05, 3.63) is 12.3 Å². The fourth-order valence-electron chi connectivity index (χ4n) is 1.92. The van der Waals surface area contributed by atoms with Gasteiger partial charge in [-0.15, -0.1) is 0 Å². The molecule has 6 heteroatoms. The molecule has 1 aliphatic rings. The molecule has 94 valence electrons. The Morgan fingerprint density at radius 1 is 1.53 bits per heavy atom. The van der Waals surface area contributed by atoms with Crippen LogP contribution in [0.4, 0.5) is 11.8 Å². The summed E-state index contributed by atoms with van der Waals surface area (Å²) in [5.41, 5.74) is 5.53. The van der Waals surface area contributed by atoms with Gasteiger partial charge in [0.05, 0.1) is 13.2 Å². The summed E-state index contributed by atoms with van der Waals surface area (Å²) < 4.78 is 5.32. The number of rotatable bonds is 4. The van der Waals surface area contributed by atoms with Gasteiger partial charge in [-0.05, 0) is 13.0 Å². The Morgan fingerprint density at radius 2 is 2.29 bits per heavy atom. The molecule has 0 spiro atoms. The second-order valence-corrected chi connectivity index (χ2v) is 4.26. The van der Waals surface area contributed by atoms with Gasteiger partial charge in [0.25, 0.3) is 0 Å². The topological polar surface area (TPSA) is 76.3 Å². The normalized spacial score (nSPS) is 18.9. The van der Waals surface area contributed by atoms with E-state index in [0.717, 1.165) is 38.7 Å². The van der Waals surface area contributed by atoms with Crippen molar-refractivity contribution in [1.29, 1.82) is 0 Å². The molecule has 0 aliphatic carbocycles. The van der Waals surface area contributed by atoms with Gasteiger partial charge < -0.3 is 15.8 Å². The number of hydrogen-bond donors (Lipinski definition) is 2. The molecule has 6 nitrogen and oxygen atoms in total. The summed E-state index contributed by atoms with van der Waals surface area (Å²) >= 11 is 0. The van der Waals surface area contributed by atoms with Crippen LogP contribution in [0.1, 0.15) is 6.92 Å². The van der Waals surface area contributed by atoms with E-state index in [4.69, 9.17) is 10.5 Å². The predicted molar refractivity (Wildman–Crippen MR) is 66.8 cm³/mol. The summed E-state index contributed by atoms with van der Waals surface area (Å²) in [6, 6.07) is 2.15. The molecule has 0 aromatic carbocycles. The van der Waals surface area contributed by atoms with E-state index in [2.05, 4.69) is 27.1 Å². The molecular formula is C11H19N5O. The van der Waals surface area contributed by atoms with Gasteiger partial charge in [0.1, 0.15) is 5.82 Å². The number of nitrogens with one attached hydrogen (secondary N) is 1. The molecule has 1 aromatic rings. The van der Waals surface area contributed by atoms with Crippen LogP contribution in [0.15, 0.2) is 12.3 Å². The highest BCUT2D eigenvalue weighted by Crippen LogP contribution is 2.06. The van der Waals surface area contributed by atoms with Crippen LogP contribution in [0.5, 0.6) is 0 Å². The van der Waals surface area contributed by atoms with Crippen molar-refractivity contribution in [3.8, 4) is 0 Å². The Hall–Kier alpha value is -1.40. The van der Waals surface area contributed by atoms with Crippen LogP contribution in [0.25, 0.3) is 0 Å². The number of aromatic nitrogens is 2. The lowest BCUT2D eigenvalue weighted by molar-refractivity contribution is 0.0368. The first kappa shape index (κ1) is 12.1. The van der Waals surface area contributed by atoms with Gasteiger partial charge in [-0.3, -0.25) is 4.90 Å². The van der Waals surface area contributed by atoms with Crippen LogP contribution >= 0.6 is 0 Å². The number of nitrogen functional groups attached to an aromatic ring is 1. The third kappa shape index (κ3) is 3.83.